The molecule has 3 N–H and O–H groups in total. The zero-order chi connectivity index (χ0) is 26.8. The predicted molar refractivity (Wildman–Crippen MR) is 145 cm³/mol. The van der Waals surface area contributed by atoms with E-state index in [1.54, 1.807) is 30.3 Å². The van der Waals surface area contributed by atoms with Crippen molar-refractivity contribution < 1.29 is 14.6 Å². The predicted octanol–water partition coefficient (Wildman–Crippen LogP) is 4.22. The molecule has 5 rings (SSSR count). The SMILES string of the molecule is Cc1nc(Oc2ccc3c(c2)OC(N)=C(C#N)C3c2c(Cl)cccc2Cl)cc(N2CCN(CCO)CC2)n1. The third kappa shape index (κ3) is 5.22. The van der Waals surface area contributed by atoms with Crippen molar-refractivity contribution in [1.29, 1.82) is 5.26 Å². The lowest BCUT2D eigenvalue weighted by atomic mass is 9.83. The maximum absolute atomic E-state index is 9.84. The van der Waals surface area contributed by atoms with Crippen molar-refractivity contribution in [1.82, 2.24) is 14.9 Å². The van der Waals surface area contributed by atoms with Crippen molar-refractivity contribution >= 4 is 29.0 Å². The molecule has 3 heterocycles. The van der Waals surface area contributed by atoms with Crippen LogP contribution in [0.1, 0.15) is 22.9 Å². The summed E-state index contributed by atoms with van der Waals surface area (Å²) in [5, 5.41) is 19.9. The van der Waals surface area contributed by atoms with Gasteiger partial charge in [-0.1, -0.05) is 35.3 Å². The number of piperazine rings is 1. The molecule has 3 aromatic rings. The quantitative estimate of drug-likeness (QED) is 0.462. The first-order valence-electron chi connectivity index (χ1n) is 12.1. The lowest BCUT2D eigenvalue weighted by molar-refractivity contribution is 0.188. The number of aryl methyl sites for hydroxylation is 1. The number of halogens is 2. The topological polar surface area (TPSA) is 121 Å². The molecule has 2 aromatic carbocycles. The highest BCUT2D eigenvalue weighted by Gasteiger charge is 2.33. The molecule has 11 heteroatoms. The highest BCUT2D eigenvalue weighted by atomic mass is 35.5. The minimum absolute atomic E-state index is 0.0151. The van der Waals surface area contributed by atoms with E-state index in [1.165, 1.54) is 0 Å². The van der Waals surface area contributed by atoms with Gasteiger partial charge in [0.15, 0.2) is 0 Å². The van der Waals surface area contributed by atoms with Crippen molar-refractivity contribution in [2.24, 2.45) is 5.73 Å². The molecule has 196 valence electrons. The Bertz CT molecular complexity index is 1410. The second kappa shape index (κ2) is 11.1. The number of allylic oxidation sites excluding steroid dienone is 1. The molecular formula is C27H26Cl2N6O3. The smallest absolute Gasteiger partial charge is 0.224 e. The second-order valence-corrected chi connectivity index (χ2v) is 9.84. The van der Waals surface area contributed by atoms with Crippen molar-refractivity contribution in [2.75, 3.05) is 44.2 Å². The number of hydrogen-bond acceptors (Lipinski definition) is 9. The molecule has 2 aliphatic rings. The summed E-state index contributed by atoms with van der Waals surface area (Å²) in [4.78, 5) is 13.4. The van der Waals surface area contributed by atoms with Crippen LogP contribution >= 0.6 is 23.2 Å². The molecule has 1 atom stereocenters. The first-order chi connectivity index (χ1) is 18.4. The summed E-state index contributed by atoms with van der Waals surface area (Å²) in [6.45, 7) is 5.92. The molecule has 1 unspecified atom stereocenters. The first kappa shape index (κ1) is 26.1. The molecule has 0 saturated carbocycles. The van der Waals surface area contributed by atoms with Crippen molar-refractivity contribution in [3.63, 3.8) is 0 Å². The molecule has 0 aliphatic carbocycles. The van der Waals surface area contributed by atoms with Crippen LogP contribution in [-0.4, -0.2) is 59.3 Å². The molecule has 1 fully saturated rings. The van der Waals surface area contributed by atoms with Gasteiger partial charge in [0.2, 0.25) is 11.8 Å². The summed E-state index contributed by atoms with van der Waals surface area (Å²) < 4.78 is 11.9. The third-order valence-corrected chi connectivity index (χ3v) is 7.27. The lowest BCUT2D eigenvalue weighted by Gasteiger charge is -2.35. The van der Waals surface area contributed by atoms with Gasteiger partial charge in [-0.2, -0.15) is 10.2 Å². The molecule has 0 spiro atoms. The van der Waals surface area contributed by atoms with E-state index in [-0.39, 0.29) is 18.1 Å². The fourth-order valence-corrected chi connectivity index (χ4v) is 5.40. The van der Waals surface area contributed by atoms with Crippen LogP contribution in [0.25, 0.3) is 0 Å². The molecule has 0 bridgehead atoms. The number of ether oxygens (including phenoxy) is 2. The Balaban J connectivity index is 1.43. The highest BCUT2D eigenvalue weighted by Crippen LogP contribution is 2.47. The average Bonchev–Trinajstić information content (AvgIpc) is 2.88. The first-order valence-corrected chi connectivity index (χ1v) is 12.9. The van der Waals surface area contributed by atoms with E-state index in [0.29, 0.717) is 50.9 Å². The second-order valence-electron chi connectivity index (χ2n) is 9.03. The van der Waals surface area contributed by atoms with Crippen LogP contribution in [0.5, 0.6) is 17.4 Å². The van der Waals surface area contributed by atoms with Crippen LogP contribution in [0.3, 0.4) is 0 Å². The number of aromatic nitrogens is 2. The van der Waals surface area contributed by atoms with Gasteiger partial charge in [-0.05, 0) is 25.1 Å². The van der Waals surface area contributed by atoms with Gasteiger partial charge in [0.05, 0.1) is 12.5 Å². The number of rotatable bonds is 6. The number of nitrogens with zero attached hydrogens (tertiary/aromatic N) is 5. The average molecular weight is 553 g/mol. The summed E-state index contributed by atoms with van der Waals surface area (Å²) in [5.41, 5.74) is 7.66. The van der Waals surface area contributed by atoms with E-state index < -0.39 is 5.92 Å². The number of anilines is 1. The Morgan fingerprint density at radius 3 is 2.55 bits per heavy atom. The van der Waals surface area contributed by atoms with Crippen molar-refractivity contribution in [3.8, 4) is 23.4 Å². The van der Waals surface area contributed by atoms with Crippen LogP contribution in [0.15, 0.2) is 53.9 Å². The van der Waals surface area contributed by atoms with Crippen molar-refractivity contribution in [2.45, 2.75) is 12.8 Å². The molecule has 9 nitrogen and oxygen atoms in total. The number of fused-ring (bicyclic) bond motifs is 1. The van der Waals surface area contributed by atoms with Gasteiger partial charge in [-0.3, -0.25) is 4.90 Å². The fourth-order valence-electron chi connectivity index (χ4n) is 4.78. The molecule has 0 amide bonds. The largest absolute Gasteiger partial charge is 0.440 e. The maximum Gasteiger partial charge on any atom is 0.224 e. The van der Waals surface area contributed by atoms with E-state index in [0.717, 1.165) is 32.0 Å². The van der Waals surface area contributed by atoms with Gasteiger partial charge < -0.3 is 25.2 Å². The van der Waals surface area contributed by atoms with Crippen LogP contribution in [-0.2, 0) is 0 Å². The van der Waals surface area contributed by atoms with Gasteiger partial charge >= 0.3 is 0 Å². The summed E-state index contributed by atoms with van der Waals surface area (Å²) in [5.74, 6) is 2.08. The minimum Gasteiger partial charge on any atom is -0.440 e. The van der Waals surface area contributed by atoms with Gasteiger partial charge in [0.1, 0.15) is 34.8 Å². The highest BCUT2D eigenvalue weighted by molar-refractivity contribution is 6.36. The molecular weight excluding hydrogens is 527 g/mol. The van der Waals surface area contributed by atoms with Gasteiger partial charge in [-0.25, -0.2) is 4.98 Å². The number of nitriles is 1. The zero-order valence-electron chi connectivity index (χ0n) is 20.7. The Labute approximate surface area is 230 Å². The maximum atomic E-state index is 9.84. The summed E-state index contributed by atoms with van der Waals surface area (Å²) in [7, 11) is 0. The fraction of sp³-hybridized carbons (Fsp3) is 0.296. The van der Waals surface area contributed by atoms with Crippen molar-refractivity contribution in [3.05, 3.63) is 80.9 Å². The monoisotopic (exact) mass is 552 g/mol. The number of aliphatic hydroxyl groups excluding tert-OH is 1. The molecule has 1 saturated heterocycles. The number of β-amino-alcohol motifs (C(OH)–C–C–N with tert-alkyl or cyclic N) is 1. The van der Waals surface area contributed by atoms with E-state index in [2.05, 4.69) is 25.8 Å². The van der Waals surface area contributed by atoms with Crippen LogP contribution < -0.4 is 20.1 Å². The Kier molecular flexibility index (Phi) is 7.58. The molecule has 38 heavy (non-hydrogen) atoms. The minimum atomic E-state index is -0.587. The van der Waals surface area contributed by atoms with Gasteiger partial charge in [0, 0.05) is 66.0 Å². The number of benzene rings is 2. The van der Waals surface area contributed by atoms with E-state index in [4.69, 9.17) is 38.4 Å². The lowest BCUT2D eigenvalue weighted by Crippen LogP contribution is -2.47. The Morgan fingerprint density at radius 1 is 1.13 bits per heavy atom. The van der Waals surface area contributed by atoms with E-state index >= 15 is 0 Å². The Morgan fingerprint density at radius 2 is 1.87 bits per heavy atom. The van der Waals surface area contributed by atoms with Gasteiger partial charge in [-0.15, -0.1) is 0 Å². The number of nitrogens with two attached hydrogens (primary N) is 1. The van der Waals surface area contributed by atoms with E-state index in [1.807, 2.05) is 19.1 Å². The Hall–Kier alpha value is -3.55. The number of aliphatic hydroxyl groups is 1. The van der Waals surface area contributed by atoms with E-state index in [9.17, 15) is 10.4 Å². The molecule has 2 aliphatic heterocycles. The van der Waals surface area contributed by atoms with Gasteiger partial charge in [0.25, 0.3) is 0 Å². The standard InChI is InChI=1S/C27H26Cl2N6O3/c1-16-32-23(35-9-7-34(8-10-35)11-12-36)14-24(33-16)37-17-5-6-18-22(13-17)38-27(31)19(15-30)25(18)26-20(28)3-2-4-21(26)29/h2-6,13-14,25,36H,7-12,31H2,1H3. The summed E-state index contributed by atoms with van der Waals surface area (Å²) >= 11 is 13.0. The molecule has 0 radical (unpaired) electrons. The normalized spacial score (nSPS) is 17.6. The third-order valence-electron chi connectivity index (χ3n) is 6.61. The summed E-state index contributed by atoms with van der Waals surface area (Å²) in [6, 6.07) is 14.5. The van der Waals surface area contributed by atoms with Crippen LogP contribution in [0, 0.1) is 18.3 Å². The van der Waals surface area contributed by atoms with Crippen LogP contribution in [0.4, 0.5) is 5.82 Å². The number of hydrogen-bond donors (Lipinski definition) is 2. The molecule has 1 aromatic heterocycles. The van der Waals surface area contributed by atoms with Crippen LogP contribution in [0.2, 0.25) is 10.0 Å². The summed E-state index contributed by atoms with van der Waals surface area (Å²) in [6.07, 6.45) is 0. The zero-order valence-corrected chi connectivity index (χ0v) is 22.2.